The first-order valence-electron chi connectivity index (χ1n) is 6.92. The molecule has 0 unspecified atom stereocenters. The summed E-state index contributed by atoms with van der Waals surface area (Å²) >= 11 is 0. The van der Waals surface area contributed by atoms with Crippen LogP contribution in [0.3, 0.4) is 0 Å². The lowest BCUT2D eigenvalue weighted by Gasteiger charge is -2.19. The highest BCUT2D eigenvalue weighted by Gasteiger charge is 2.26. The van der Waals surface area contributed by atoms with E-state index in [0.29, 0.717) is 12.1 Å². The molecule has 0 spiro atoms. The molecule has 0 saturated heterocycles. The molecule has 2 rings (SSSR count). The Labute approximate surface area is 122 Å². The molecule has 0 fully saturated rings. The van der Waals surface area contributed by atoms with Crippen molar-refractivity contribution in [1.29, 1.82) is 0 Å². The summed E-state index contributed by atoms with van der Waals surface area (Å²) in [5, 5.41) is 11.8. The fourth-order valence-corrected chi connectivity index (χ4v) is 2.16. The van der Waals surface area contributed by atoms with Gasteiger partial charge in [0, 0.05) is 11.9 Å². The molecule has 6 heteroatoms. The van der Waals surface area contributed by atoms with Crippen LogP contribution in [0.5, 0.6) is 0 Å². The summed E-state index contributed by atoms with van der Waals surface area (Å²) < 4.78 is 1.80. The van der Waals surface area contributed by atoms with Crippen molar-refractivity contribution in [2.45, 2.75) is 33.2 Å². The zero-order valence-electron chi connectivity index (χ0n) is 12.3. The van der Waals surface area contributed by atoms with E-state index in [1.165, 1.54) is 0 Å². The van der Waals surface area contributed by atoms with Crippen LogP contribution < -0.4 is 5.32 Å². The Balaban J connectivity index is 2.25. The summed E-state index contributed by atoms with van der Waals surface area (Å²) in [6.45, 7) is 5.60. The number of rotatable bonds is 5. The monoisotopic (exact) mass is 289 g/mol. The van der Waals surface area contributed by atoms with Crippen molar-refractivity contribution in [2.24, 2.45) is 5.92 Å². The van der Waals surface area contributed by atoms with E-state index in [9.17, 15) is 14.7 Å². The first kappa shape index (κ1) is 15.0. The minimum atomic E-state index is -1.03. The standard InChI is InChI=1S/C15H19N3O3/c1-4-9(2)13(15(20)21)17-14(19)11-8-18-10(3)6-5-7-12(18)16-11/h5-9,13H,4H2,1-3H3,(H,17,19)(H,20,21)/t9-,13-/m0/s1. The van der Waals surface area contributed by atoms with Gasteiger partial charge >= 0.3 is 5.97 Å². The predicted octanol–water partition coefficient (Wildman–Crippen LogP) is 1.87. The number of carboxylic acids is 1. The molecule has 21 heavy (non-hydrogen) atoms. The average Bonchev–Trinajstić information content (AvgIpc) is 2.89. The molecule has 0 aliphatic rings. The topological polar surface area (TPSA) is 83.7 Å². The van der Waals surface area contributed by atoms with E-state index in [-0.39, 0.29) is 11.6 Å². The molecule has 2 aromatic rings. The molecule has 2 heterocycles. The minimum Gasteiger partial charge on any atom is -0.480 e. The molecule has 2 aromatic heterocycles. The van der Waals surface area contributed by atoms with Gasteiger partial charge in [0.15, 0.2) is 0 Å². The lowest BCUT2D eigenvalue weighted by atomic mass is 9.99. The molecule has 0 aliphatic carbocycles. The second kappa shape index (κ2) is 5.95. The minimum absolute atomic E-state index is 0.148. The molecule has 6 nitrogen and oxygen atoms in total. The first-order chi connectivity index (χ1) is 9.93. The molecule has 0 saturated carbocycles. The number of hydrogen-bond donors (Lipinski definition) is 2. The van der Waals surface area contributed by atoms with Crippen LogP contribution in [0.2, 0.25) is 0 Å². The highest BCUT2D eigenvalue weighted by molar-refractivity contribution is 5.95. The van der Waals surface area contributed by atoms with Gasteiger partial charge in [0.05, 0.1) is 0 Å². The van der Waals surface area contributed by atoms with Gasteiger partial charge in [-0.1, -0.05) is 26.3 Å². The van der Waals surface area contributed by atoms with Crippen LogP contribution in [0, 0.1) is 12.8 Å². The number of aliphatic carboxylic acids is 1. The normalized spacial score (nSPS) is 13.9. The SMILES string of the molecule is CC[C@H](C)[C@H](NC(=O)c1cn2c(C)cccc2n1)C(=O)O. The Kier molecular flexibility index (Phi) is 4.26. The van der Waals surface area contributed by atoms with Gasteiger partial charge in [0.1, 0.15) is 17.4 Å². The predicted molar refractivity (Wildman–Crippen MR) is 78.3 cm³/mol. The third-order valence-electron chi connectivity index (χ3n) is 3.69. The van der Waals surface area contributed by atoms with Crippen LogP contribution in [0.25, 0.3) is 5.65 Å². The van der Waals surface area contributed by atoms with Crippen molar-refractivity contribution in [3.8, 4) is 0 Å². The van der Waals surface area contributed by atoms with Gasteiger partial charge in [0.2, 0.25) is 0 Å². The van der Waals surface area contributed by atoms with Gasteiger partial charge in [-0.2, -0.15) is 0 Å². The summed E-state index contributed by atoms with van der Waals surface area (Å²) in [5.41, 5.74) is 1.84. The van der Waals surface area contributed by atoms with Crippen molar-refractivity contribution in [1.82, 2.24) is 14.7 Å². The maximum absolute atomic E-state index is 12.2. The maximum atomic E-state index is 12.2. The van der Waals surface area contributed by atoms with E-state index in [2.05, 4.69) is 10.3 Å². The van der Waals surface area contributed by atoms with E-state index in [0.717, 1.165) is 5.69 Å². The van der Waals surface area contributed by atoms with Gasteiger partial charge in [-0.05, 0) is 25.0 Å². The van der Waals surface area contributed by atoms with Gasteiger partial charge in [0.25, 0.3) is 5.91 Å². The largest absolute Gasteiger partial charge is 0.480 e. The smallest absolute Gasteiger partial charge is 0.326 e. The zero-order valence-corrected chi connectivity index (χ0v) is 12.3. The Morgan fingerprint density at radius 3 is 2.71 bits per heavy atom. The van der Waals surface area contributed by atoms with Gasteiger partial charge in [-0.15, -0.1) is 0 Å². The molecular formula is C15H19N3O3. The lowest BCUT2D eigenvalue weighted by molar-refractivity contribution is -0.140. The summed E-state index contributed by atoms with van der Waals surface area (Å²) in [6.07, 6.45) is 2.29. The van der Waals surface area contributed by atoms with Crippen molar-refractivity contribution >= 4 is 17.5 Å². The van der Waals surface area contributed by atoms with Crippen molar-refractivity contribution in [2.75, 3.05) is 0 Å². The van der Waals surface area contributed by atoms with Gasteiger partial charge in [-0.3, -0.25) is 4.79 Å². The lowest BCUT2D eigenvalue weighted by Crippen LogP contribution is -2.45. The Morgan fingerprint density at radius 2 is 2.14 bits per heavy atom. The Bertz CT molecular complexity index is 678. The molecule has 0 aromatic carbocycles. The summed E-state index contributed by atoms with van der Waals surface area (Å²) in [6, 6.07) is 4.66. The third-order valence-corrected chi connectivity index (χ3v) is 3.69. The van der Waals surface area contributed by atoms with Crippen LogP contribution >= 0.6 is 0 Å². The van der Waals surface area contributed by atoms with Gasteiger partial charge < -0.3 is 14.8 Å². The zero-order chi connectivity index (χ0) is 15.6. The van der Waals surface area contributed by atoms with Crippen molar-refractivity contribution in [3.63, 3.8) is 0 Å². The molecule has 0 aliphatic heterocycles. The molecule has 0 radical (unpaired) electrons. The molecule has 2 N–H and O–H groups in total. The Hall–Kier alpha value is -2.37. The molecule has 1 amide bonds. The number of imidazole rings is 1. The second-order valence-corrected chi connectivity index (χ2v) is 5.20. The fraction of sp³-hybridized carbons (Fsp3) is 0.400. The van der Waals surface area contributed by atoms with E-state index in [4.69, 9.17) is 0 Å². The number of nitrogens with zero attached hydrogens (tertiary/aromatic N) is 2. The summed E-state index contributed by atoms with van der Waals surface area (Å²) in [5.74, 6) is -1.64. The number of pyridine rings is 1. The van der Waals surface area contributed by atoms with Crippen LogP contribution in [-0.4, -0.2) is 32.4 Å². The number of aromatic nitrogens is 2. The molecule has 112 valence electrons. The van der Waals surface area contributed by atoms with Crippen LogP contribution in [0.4, 0.5) is 0 Å². The van der Waals surface area contributed by atoms with E-state index >= 15 is 0 Å². The third kappa shape index (κ3) is 3.04. The highest BCUT2D eigenvalue weighted by Crippen LogP contribution is 2.11. The summed E-state index contributed by atoms with van der Waals surface area (Å²) in [4.78, 5) is 27.7. The Morgan fingerprint density at radius 1 is 1.43 bits per heavy atom. The number of amides is 1. The van der Waals surface area contributed by atoms with Gasteiger partial charge in [-0.25, -0.2) is 9.78 Å². The second-order valence-electron chi connectivity index (χ2n) is 5.20. The van der Waals surface area contributed by atoms with Crippen LogP contribution in [-0.2, 0) is 4.79 Å². The highest BCUT2D eigenvalue weighted by atomic mass is 16.4. The molecular weight excluding hydrogens is 270 g/mol. The maximum Gasteiger partial charge on any atom is 0.326 e. The average molecular weight is 289 g/mol. The molecule has 2 atom stereocenters. The number of carbonyl (C=O) groups excluding carboxylic acids is 1. The quantitative estimate of drug-likeness (QED) is 0.880. The molecule has 0 bridgehead atoms. The number of aryl methyl sites for hydroxylation is 1. The first-order valence-corrected chi connectivity index (χ1v) is 6.92. The number of hydrogen-bond acceptors (Lipinski definition) is 3. The van der Waals surface area contributed by atoms with E-state index in [1.54, 1.807) is 23.6 Å². The van der Waals surface area contributed by atoms with Crippen LogP contribution in [0.1, 0.15) is 36.5 Å². The van der Waals surface area contributed by atoms with E-state index < -0.39 is 17.9 Å². The van der Waals surface area contributed by atoms with Crippen molar-refractivity contribution < 1.29 is 14.7 Å². The van der Waals surface area contributed by atoms with Crippen LogP contribution in [0.15, 0.2) is 24.4 Å². The fourth-order valence-electron chi connectivity index (χ4n) is 2.16. The van der Waals surface area contributed by atoms with Crippen molar-refractivity contribution in [3.05, 3.63) is 35.8 Å². The van der Waals surface area contributed by atoms with E-state index in [1.807, 2.05) is 26.0 Å². The number of carbonyl (C=O) groups is 2. The number of fused-ring (bicyclic) bond motifs is 1. The summed E-state index contributed by atoms with van der Waals surface area (Å²) in [7, 11) is 0. The number of nitrogens with one attached hydrogen (secondary N) is 1. The number of carboxylic acid groups (broad SMARTS) is 1.